The molecule has 0 radical (unpaired) electrons. The van der Waals surface area contributed by atoms with E-state index < -0.39 is 0 Å². The van der Waals surface area contributed by atoms with Crippen LogP contribution in [0.15, 0.2) is 42.5 Å². The molecule has 0 aliphatic carbocycles. The number of carbonyl (C=O) groups is 2. The predicted octanol–water partition coefficient (Wildman–Crippen LogP) is 4.46. The second-order valence-corrected chi connectivity index (χ2v) is 8.37. The van der Waals surface area contributed by atoms with Gasteiger partial charge in [-0.3, -0.25) is 4.79 Å². The largest absolute Gasteiger partial charge is 0.328 e. The summed E-state index contributed by atoms with van der Waals surface area (Å²) in [5.41, 5.74) is 2.03. The quantitative estimate of drug-likeness (QED) is 0.682. The fraction of sp³-hybridized carbons (Fsp3) is 0.261. The van der Waals surface area contributed by atoms with E-state index in [0.717, 1.165) is 21.2 Å². The minimum absolute atomic E-state index is 0.0172. The fourth-order valence-corrected chi connectivity index (χ4v) is 4.95. The van der Waals surface area contributed by atoms with Crippen LogP contribution in [0.4, 0.5) is 9.80 Å². The van der Waals surface area contributed by atoms with Gasteiger partial charge < -0.3 is 15.1 Å². The van der Waals surface area contributed by atoms with Crippen molar-refractivity contribution < 1.29 is 9.59 Å². The molecule has 0 unspecified atom stereocenters. The summed E-state index contributed by atoms with van der Waals surface area (Å²) >= 11 is 1.39. The number of hydrogen-bond acceptors (Lipinski definition) is 4. The highest BCUT2D eigenvalue weighted by Crippen LogP contribution is 2.37. The van der Waals surface area contributed by atoms with Gasteiger partial charge in [0.1, 0.15) is 11.1 Å². The van der Waals surface area contributed by atoms with E-state index in [1.54, 1.807) is 22.9 Å². The van der Waals surface area contributed by atoms with E-state index in [2.05, 4.69) is 11.4 Å². The van der Waals surface area contributed by atoms with Crippen molar-refractivity contribution in [2.75, 3.05) is 25.5 Å². The van der Waals surface area contributed by atoms with Crippen molar-refractivity contribution in [3.8, 4) is 6.07 Å². The van der Waals surface area contributed by atoms with E-state index in [1.165, 1.54) is 11.3 Å². The Kier molecular flexibility index (Phi) is 5.42. The zero-order valence-corrected chi connectivity index (χ0v) is 17.8. The van der Waals surface area contributed by atoms with Crippen molar-refractivity contribution in [2.24, 2.45) is 0 Å². The number of hydrogen-bond donors (Lipinski definition) is 1. The molecular formula is C23H22N4O2S. The molecule has 6 nitrogen and oxygen atoms in total. The summed E-state index contributed by atoms with van der Waals surface area (Å²) in [6.45, 7) is 3.61. The number of carbonyl (C=O) groups excluding carboxylic acids is 2. The Labute approximate surface area is 179 Å². The predicted molar refractivity (Wildman–Crippen MR) is 119 cm³/mol. The first-order valence-electron chi connectivity index (χ1n) is 9.87. The van der Waals surface area contributed by atoms with Crippen molar-refractivity contribution in [2.45, 2.75) is 19.9 Å². The molecule has 0 fully saturated rings. The fourth-order valence-electron chi connectivity index (χ4n) is 3.74. The summed E-state index contributed by atoms with van der Waals surface area (Å²) in [5.74, 6) is -0.236. The molecule has 0 saturated heterocycles. The number of nitriles is 1. The molecule has 1 aliphatic heterocycles. The van der Waals surface area contributed by atoms with E-state index in [9.17, 15) is 14.9 Å². The van der Waals surface area contributed by atoms with Crippen LogP contribution < -0.4 is 5.32 Å². The molecule has 1 aromatic heterocycles. The highest BCUT2D eigenvalue weighted by Gasteiger charge is 2.28. The number of rotatable bonds is 3. The first-order chi connectivity index (χ1) is 14.5. The first-order valence-corrected chi connectivity index (χ1v) is 10.7. The Hall–Kier alpha value is -3.37. The summed E-state index contributed by atoms with van der Waals surface area (Å²) < 4.78 is 0. The molecule has 30 heavy (non-hydrogen) atoms. The van der Waals surface area contributed by atoms with E-state index in [4.69, 9.17) is 0 Å². The van der Waals surface area contributed by atoms with Gasteiger partial charge in [0.2, 0.25) is 0 Å². The lowest BCUT2D eigenvalue weighted by atomic mass is 10.0. The van der Waals surface area contributed by atoms with Crippen molar-refractivity contribution in [3.63, 3.8) is 0 Å². The molecule has 1 aliphatic rings. The number of nitrogens with zero attached hydrogens (tertiary/aromatic N) is 3. The van der Waals surface area contributed by atoms with E-state index in [-0.39, 0.29) is 11.9 Å². The highest BCUT2D eigenvalue weighted by atomic mass is 32.1. The van der Waals surface area contributed by atoms with Crippen LogP contribution >= 0.6 is 11.3 Å². The van der Waals surface area contributed by atoms with Gasteiger partial charge in [-0.25, -0.2) is 4.79 Å². The van der Waals surface area contributed by atoms with Gasteiger partial charge >= 0.3 is 6.03 Å². The molecule has 0 bridgehead atoms. The van der Waals surface area contributed by atoms with Crippen LogP contribution in [-0.4, -0.2) is 41.9 Å². The van der Waals surface area contributed by atoms with Crippen molar-refractivity contribution in [3.05, 3.63) is 64.0 Å². The third kappa shape index (κ3) is 3.51. The Bertz CT molecular complexity index is 1170. The van der Waals surface area contributed by atoms with Gasteiger partial charge in [-0.05, 0) is 35.7 Å². The summed E-state index contributed by atoms with van der Waals surface area (Å²) in [6.07, 6.45) is 0.613. The maximum absolute atomic E-state index is 13.0. The van der Waals surface area contributed by atoms with E-state index >= 15 is 0 Å². The summed E-state index contributed by atoms with van der Waals surface area (Å²) in [7, 11) is 1.78. The van der Waals surface area contributed by atoms with Crippen LogP contribution in [0.5, 0.6) is 0 Å². The first kappa shape index (κ1) is 19.9. The normalized spacial score (nSPS) is 12.9. The van der Waals surface area contributed by atoms with Crippen molar-refractivity contribution in [1.82, 2.24) is 9.80 Å². The van der Waals surface area contributed by atoms with Gasteiger partial charge in [-0.1, -0.05) is 36.4 Å². The zero-order valence-electron chi connectivity index (χ0n) is 16.9. The van der Waals surface area contributed by atoms with Crippen LogP contribution in [0.1, 0.15) is 33.3 Å². The lowest BCUT2D eigenvalue weighted by molar-refractivity contribution is 0.102. The standard InChI is InChI=1S/C23H22N4O2S/c1-3-26(2)23(29)27-12-11-17-19(13-24)22(30-20(17)14-27)25-21(28)18-10-6-8-15-7-4-5-9-16(15)18/h4-10H,3,11-12,14H2,1-2H3,(H,25,28). The Morgan fingerprint density at radius 3 is 2.77 bits per heavy atom. The number of nitrogens with one attached hydrogen (secondary N) is 1. The molecule has 3 aromatic rings. The Balaban J connectivity index is 1.62. The maximum Gasteiger partial charge on any atom is 0.320 e. The van der Waals surface area contributed by atoms with E-state index in [1.807, 2.05) is 43.3 Å². The molecule has 0 atom stereocenters. The van der Waals surface area contributed by atoms with Crippen LogP contribution in [0, 0.1) is 11.3 Å². The van der Waals surface area contributed by atoms with Gasteiger partial charge in [0.05, 0.1) is 12.1 Å². The Morgan fingerprint density at radius 2 is 2.00 bits per heavy atom. The summed E-state index contributed by atoms with van der Waals surface area (Å²) in [6, 6.07) is 15.6. The molecule has 3 amide bonds. The Morgan fingerprint density at radius 1 is 1.23 bits per heavy atom. The third-order valence-electron chi connectivity index (χ3n) is 5.50. The number of anilines is 1. The van der Waals surface area contributed by atoms with Gasteiger partial charge in [0.15, 0.2) is 0 Å². The van der Waals surface area contributed by atoms with Crippen molar-refractivity contribution in [1.29, 1.82) is 5.26 Å². The van der Waals surface area contributed by atoms with Crippen LogP contribution in [0.25, 0.3) is 10.8 Å². The molecule has 1 N–H and O–H groups in total. The lowest BCUT2D eigenvalue weighted by Gasteiger charge is -2.30. The van der Waals surface area contributed by atoms with Gasteiger partial charge in [0, 0.05) is 30.6 Å². The highest BCUT2D eigenvalue weighted by molar-refractivity contribution is 7.16. The summed E-state index contributed by atoms with van der Waals surface area (Å²) in [4.78, 5) is 30.0. The number of urea groups is 1. The minimum atomic E-state index is -0.236. The molecule has 2 heterocycles. The molecule has 0 spiro atoms. The minimum Gasteiger partial charge on any atom is -0.328 e. The SMILES string of the molecule is CCN(C)C(=O)N1CCc2c(sc(NC(=O)c3cccc4ccccc34)c2C#N)C1. The smallest absolute Gasteiger partial charge is 0.320 e. The summed E-state index contributed by atoms with van der Waals surface area (Å²) in [5, 5.41) is 15.1. The van der Waals surface area contributed by atoms with Gasteiger partial charge in [-0.15, -0.1) is 11.3 Å². The van der Waals surface area contributed by atoms with Crippen molar-refractivity contribution >= 4 is 39.0 Å². The third-order valence-corrected chi connectivity index (χ3v) is 6.63. The molecular weight excluding hydrogens is 396 g/mol. The van der Waals surface area contributed by atoms with Gasteiger partial charge in [-0.2, -0.15) is 5.26 Å². The van der Waals surface area contributed by atoms with Gasteiger partial charge in [0.25, 0.3) is 5.91 Å². The molecule has 2 aromatic carbocycles. The second kappa shape index (κ2) is 8.17. The number of benzene rings is 2. The van der Waals surface area contributed by atoms with Crippen LogP contribution in [-0.2, 0) is 13.0 Å². The monoisotopic (exact) mass is 418 g/mol. The maximum atomic E-state index is 13.0. The molecule has 4 rings (SSSR count). The zero-order chi connectivity index (χ0) is 21.3. The molecule has 152 valence electrons. The second-order valence-electron chi connectivity index (χ2n) is 7.27. The number of thiophene rings is 1. The van der Waals surface area contributed by atoms with E-state index in [0.29, 0.717) is 42.2 Å². The van der Waals surface area contributed by atoms with Crippen LogP contribution in [0.3, 0.4) is 0 Å². The topological polar surface area (TPSA) is 76.4 Å². The molecule has 7 heteroatoms. The molecule has 0 saturated carbocycles. The lowest BCUT2D eigenvalue weighted by Crippen LogP contribution is -2.43. The average molecular weight is 419 g/mol. The number of fused-ring (bicyclic) bond motifs is 2. The van der Waals surface area contributed by atoms with Crippen LogP contribution in [0.2, 0.25) is 0 Å². The number of amides is 3. The average Bonchev–Trinajstić information content (AvgIpc) is 3.13.